The van der Waals surface area contributed by atoms with Crippen molar-refractivity contribution in [2.45, 2.75) is 32.6 Å². The molecule has 1 heterocycles. The van der Waals surface area contributed by atoms with Crippen LogP contribution in [0.4, 0.5) is 0 Å². The molecule has 2 fully saturated rings. The van der Waals surface area contributed by atoms with Crippen LogP contribution in [-0.4, -0.2) is 24.5 Å². The molecule has 0 spiro atoms. The molecule has 1 aromatic carbocycles. The molecule has 1 aliphatic heterocycles. The molecule has 0 radical (unpaired) electrons. The number of likely N-dealkylation sites (tertiary alicyclic amines) is 1. The second-order valence-electron chi connectivity index (χ2n) is 4.75. The Bertz CT molecular complexity index is 333. The first-order valence-corrected chi connectivity index (χ1v) is 6.63. The van der Waals surface area contributed by atoms with Crippen molar-refractivity contribution in [3.05, 3.63) is 35.9 Å². The van der Waals surface area contributed by atoms with Gasteiger partial charge in [0.2, 0.25) is 0 Å². The van der Waals surface area contributed by atoms with Crippen LogP contribution in [-0.2, 0) is 5.41 Å². The minimum absolute atomic E-state index is 0.553. The summed E-state index contributed by atoms with van der Waals surface area (Å²) < 4.78 is 0. The van der Waals surface area contributed by atoms with Crippen molar-refractivity contribution in [1.82, 2.24) is 4.90 Å². The smallest absolute Gasteiger partial charge is 0.0124 e. The third-order valence-corrected chi connectivity index (χ3v) is 4.01. The molecule has 1 aliphatic carbocycles. The van der Waals surface area contributed by atoms with Crippen LogP contribution in [0.25, 0.3) is 0 Å². The minimum atomic E-state index is 0.553. The lowest BCUT2D eigenvalue weighted by Gasteiger charge is -2.18. The van der Waals surface area contributed by atoms with E-state index < -0.39 is 0 Å². The second kappa shape index (κ2) is 4.58. The molecule has 0 bridgehead atoms. The highest BCUT2D eigenvalue weighted by Crippen LogP contribution is 2.58. The van der Waals surface area contributed by atoms with Crippen LogP contribution < -0.4 is 0 Å². The maximum absolute atomic E-state index is 2.58. The predicted molar refractivity (Wildman–Crippen MR) is 69.7 cm³/mol. The van der Waals surface area contributed by atoms with Crippen LogP contribution in [0.5, 0.6) is 0 Å². The maximum Gasteiger partial charge on any atom is 0.0124 e. The minimum Gasteiger partial charge on any atom is -0.302 e. The summed E-state index contributed by atoms with van der Waals surface area (Å²) in [5.41, 5.74) is 2.12. The van der Waals surface area contributed by atoms with Gasteiger partial charge in [-0.05, 0) is 24.4 Å². The van der Waals surface area contributed by atoms with E-state index in [0.717, 1.165) is 5.92 Å². The van der Waals surface area contributed by atoms with Gasteiger partial charge in [0.05, 0.1) is 0 Å². The lowest BCUT2D eigenvalue weighted by Crippen LogP contribution is -2.26. The van der Waals surface area contributed by atoms with Gasteiger partial charge in [0, 0.05) is 18.5 Å². The van der Waals surface area contributed by atoms with E-state index in [4.69, 9.17) is 0 Å². The van der Waals surface area contributed by atoms with E-state index in [9.17, 15) is 0 Å². The van der Waals surface area contributed by atoms with E-state index in [-0.39, 0.29) is 0 Å². The van der Waals surface area contributed by atoms with Gasteiger partial charge in [-0.15, -0.1) is 0 Å². The highest BCUT2D eigenvalue weighted by Gasteiger charge is 2.60. The number of hydrogen-bond acceptors (Lipinski definition) is 1. The first-order chi connectivity index (χ1) is 7.85. The molecule has 1 saturated heterocycles. The highest BCUT2D eigenvalue weighted by atomic mass is 15.2. The summed E-state index contributed by atoms with van der Waals surface area (Å²) in [6.45, 7) is 10.1. The van der Waals surface area contributed by atoms with Crippen molar-refractivity contribution >= 4 is 0 Å². The van der Waals surface area contributed by atoms with Gasteiger partial charge >= 0.3 is 0 Å². The molecular weight excluding hydrogens is 194 g/mol. The summed E-state index contributed by atoms with van der Waals surface area (Å²) in [6.07, 6.45) is 1.42. The lowest BCUT2D eigenvalue weighted by molar-refractivity contribution is 0.314. The van der Waals surface area contributed by atoms with Gasteiger partial charge in [-0.25, -0.2) is 0 Å². The topological polar surface area (TPSA) is 3.24 Å². The Kier molecular flexibility index (Phi) is 3.34. The number of likely N-dealkylation sites (N-methyl/N-ethyl adjacent to an activating group) is 1. The average Bonchev–Trinajstić information content (AvgIpc) is 2.96. The zero-order valence-corrected chi connectivity index (χ0v) is 10.7. The standard InChI is InChI=1S/C13H17N.C2H6/c1-2-14-9-12-8-13(12,10-14)11-6-4-3-5-7-11;1-2/h3-7,12H,2,8-10H2,1H3;1-2H3/t12-,13?;/m1./s1. The van der Waals surface area contributed by atoms with Crippen molar-refractivity contribution in [1.29, 1.82) is 0 Å². The van der Waals surface area contributed by atoms with Crippen LogP contribution in [0.15, 0.2) is 30.3 Å². The fourth-order valence-corrected chi connectivity index (χ4v) is 3.04. The number of rotatable bonds is 2. The van der Waals surface area contributed by atoms with Crippen molar-refractivity contribution in [2.24, 2.45) is 5.92 Å². The molecule has 0 N–H and O–H groups in total. The molecule has 2 atom stereocenters. The number of benzene rings is 1. The monoisotopic (exact) mass is 217 g/mol. The molecule has 16 heavy (non-hydrogen) atoms. The quantitative estimate of drug-likeness (QED) is 0.734. The zero-order valence-electron chi connectivity index (χ0n) is 10.7. The number of hydrogen-bond donors (Lipinski definition) is 0. The molecule has 1 heteroatoms. The van der Waals surface area contributed by atoms with Crippen LogP contribution >= 0.6 is 0 Å². The van der Waals surface area contributed by atoms with Gasteiger partial charge in [-0.2, -0.15) is 0 Å². The number of fused-ring (bicyclic) bond motifs is 1. The summed E-state index contributed by atoms with van der Waals surface area (Å²) in [5.74, 6) is 0.949. The normalized spacial score (nSPS) is 31.6. The summed E-state index contributed by atoms with van der Waals surface area (Å²) in [6, 6.07) is 11.1. The largest absolute Gasteiger partial charge is 0.302 e. The fourth-order valence-electron chi connectivity index (χ4n) is 3.04. The van der Waals surface area contributed by atoms with E-state index in [1.807, 2.05) is 13.8 Å². The third-order valence-electron chi connectivity index (χ3n) is 4.01. The van der Waals surface area contributed by atoms with Crippen LogP contribution in [0, 0.1) is 5.92 Å². The SMILES string of the molecule is CC.CCN1C[C@H]2CC2(c2ccccc2)C1. The fraction of sp³-hybridized carbons (Fsp3) is 0.600. The van der Waals surface area contributed by atoms with Crippen LogP contribution in [0.2, 0.25) is 0 Å². The van der Waals surface area contributed by atoms with E-state index in [2.05, 4.69) is 42.2 Å². The van der Waals surface area contributed by atoms with Gasteiger partial charge in [-0.3, -0.25) is 0 Å². The average molecular weight is 217 g/mol. The molecule has 1 nitrogen and oxygen atoms in total. The second-order valence-corrected chi connectivity index (χ2v) is 4.75. The summed E-state index contributed by atoms with van der Waals surface area (Å²) >= 11 is 0. The van der Waals surface area contributed by atoms with Gasteiger partial charge < -0.3 is 4.90 Å². The Morgan fingerprint density at radius 2 is 1.94 bits per heavy atom. The van der Waals surface area contributed by atoms with E-state index in [0.29, 0.717) is 5.41 Å². The summed E-state index contributed by atoms with van der Waals surface area (Å²) in [7, 11) is 0. The summed E-state index contributed by atoms with van der Waals surface area (Å²) in [4.78, 5) is 2.58. The summed E-state index contributed by atoms with van der Waals surface area (Å²) in [5, 5.41) is 0. The van der Waals surface area contributed by atoms with Gasteiger partial charge in [0.15, 0.2) is 0 Å². The Morgan fingerprint density at radius 1 is 1.25 bits per heavy atom. The van der Waals surface area contributed by atoms with Crippen molar-refractivity contribution in [2.75, 3.05) is 19.6 Å². The molecule has 1 unspecified atom stereocenters. The lowest BCUT2D eigenvalue weighted by atomic mass is 9.95. The molecule has 0 aromatic heterocycles. The number of nitrogens with zero attached hydrogens (tertiary/aromatic N) is 1. The van der Waals surface area contributed by atoms with Crippen molar-refractivity contribution in [3.8, 4) is 0 Å². The molecule has 1 aromatic rings. The Labute approximate surface area is 99.5 Å². The zero-order chi connectivity index (χ0) is 11.6. The van der Waals surface area contributed by atoms with Gasteiger partial charge in [0.25, 0.3) is 0 Å². The number of piperidine rings is 1. The molecule has 3 rings (SSSR count). The van der Waals surface area contributed by atoms with E-state index in [1.165, 1.54) is 26.1 Å². The molecule has 0 amide bonds. The molecule has 2 aliphatic rings. The van der Waals surface area contributed by atoms with Crippen molar-refractivity contribution in [3.63, 3.8) is 0 Å². The maximum atomic E-state index is 2.58. The Balaban J connectivity index is 0.000000457. The van der Waals surface area contributed by atoms with Crippen LogP contribution in [0.3, 0.4) is 0 Å². The first kappa shape index (κ1) is 11.7. The van der Waals surface area contributed by atoms with Crippen LogP contribution in [0.1, 0.15) is 32.8 Å². The highest BCUT2D eigenvalue weighted by molar-refractivity contribution is 5.36. The van der Waals surface area contributed by atoms with Crippen molar-refractivity contribution < 1.29 is 0 Å². The van der Waals surface area contributed by atoms with E-state index >= 15 is 0 Å². The van der Waals surface area contributed by atoms with Gasteiger partial charge in [-0.1, -0.05) is 51.1 Å². The molecule has 88 valence electrons. The van der Waals surface area contributed by atoms with Gasteiger partial charge in [0.1, 0.15) is 0 Å². The Morgan fingerprint density at radius 3 is 2.50 bits per heavy atom. The third kappa shape index (κ3) is 1.78. The Hall–Kier alpha value is -0.820. The first-order valence-electron chi connectivity index (χ1n) is 6.63. The van der Waals surface area contributed by atoms with E-state index in [1.54, 1.807) is 5.56 Å². The predicted octanol–water partition coefficient (Wildman–Crippen LogP) is 3.31. The molecular formula is C15H23N. The molecule has 1 saturated carbocycles.